The van der Waals surface area contributed by atoms with Gasteiger partial charge in [0.25, 0.3) is 11.5 Å². The topological polar surface area (TPSA) is 97.8 Å². The van der Waals surface area contributed by atoms with Gasteiger partial charge >= 0.3 is 6.18 Å². The highest BCUT2D eigenvalue weighted by molar-refractivity contribution is 5.56. The van der Waals surface area contributed by atoms with Gasteiger partial charge in [0, 0.05) is 49.8 Å². The first-order valence-corrected chi connectivity index (χ1v) is 10.7. The average molecular weight is 491 g/mol. The lowest BCUT2D eigenvalue weighted by Crippen LogP contribution is -2.21. The lowest BCUT2D eigenvalue weighted by Gasteiger charge is -2.15. The SMILES string of the molecule is [C-]#[N+]C1(c2cc(Nc3nc(N[C@@H]4CCC(F)(F)C4)nc(-n4ccc(C(F)(F)F)n4)n3)ccn2)CC1. The molecule has 0 bridgehead atoms. The van der Waals surface area contributed by atoms with Crippen LogP contribution in [0, 0.1) is 6.57 Å². The van der Waals surface area contributed by atoms with Gasteiger partial charge in [-0.2, -0.15) is 33.2 Å². The predicted molar refractivity (Wildman–Crippen MR) is 113 cm³/mol. The van der Waals surface area contributed by atoms with E-state index in [1.165, 1.54) is 6.20 Å². The number of alkyl halides is 5. The van der Waals surface area contributed by atoms with Crippen molar-refractivity contribution in [1.82, 2.24) is 29.7 Å². The van der Waals surface area contributed by atoms with Crippen molar-refractivity contribution in [3.63, 3.8) is 0 Å². The molecule has 5 rings (SSSR count). The summed E-state index contributed by atoms with van der Waals surface area (Å²) in [4.78, 5) is 20.4. The summed E-state index contributed by atoms with van der Waals surface area (Å²) in [7, 11) is 0. The number of hydrogen-bond donors (Lipinski definition) is 2. The minimum atomic E-state index is -4.66. The van der Waals surface area contributed by atoms with Crippen molar-refractivity contribution in [2.24, 2.45) is 0 Å². The van der Waals surface area contributed by atoms with Crippen molar-refractivity contribution in [2.75, 3.05) is 10.6 Å². The molecule has 182 valence electrons. The number of halogens is 5. The van der Waals surface area contributed by atoms with Crippen LogP contribution in [0.2, 0.25) is 0 Å². The van der Waals surface area contributed by atoms with Crippen molar-refractivity contribution in [3.8, 4) is 5.95 Å². The van der Waals surface area contributed by atoms with E-state index in [0.717, 1.165) is 16.9 Å². The van der Waals surface area contributed by atoms with E-state index < -0.39 is 35.8 Å². The molecule has 0 saturated heterocycles. The summed E-state index contributed by atoms with van der Waals surface area (Å²) in [5.74, 6) is -3.18. The molecule has 2 fully saturated rings. The summed E-state index contributed by atoms with van der Waals surface area (Å²) in [6.07, 6.45) is -1.21. The third-order valence-electron chi connectivity index (χ3n) is 5.88. The standard InChI is InChI=1S/C21H18F5N9/c1-27-19(6-7-19)15-10-12(3-8-28-15)29-16-31-17(30-13-2-5-20(22,23)11-13)33-18(32-16)35-9-4-14(34-35)21(24,25)26/h3-4,8-10,13H,2,5-7,11H2,(H2,28,29,30,31,32,33)/t13-/m1/s1. The van der Waals surface area contributed by atoms with Crippen LogP contribution < -0.4 is 10.6 Å². The van der Waals surface area contributed by atoms with Gasteiger partial charge in [-0.25, -0.2) is 20.0 Å². The molecular weight excluding hydrogens is 473 g/mol. The first-order valence-electron chi connectivity index (χ1n) is 10.7. The Kier molecular flexibility index (Phi) is 5.30. The molecule has 3 heterocycles. The number of rotatable bonds is 6. The number of anilines is 3. The zero-order valence-electron chi connectivity index (χ0n) is 18.0. The molecule has 2 aliphatic carbocycles. The summed E-state index contributed by atoms with van der Waals surface area (Å²) < 4.78 is 67.2. The number of hydrogen-bond acceptors (Lipinski definition) is 7. The molecule has 9 nitrogen and oxygen atoms in total. The predicted octanol–water partition coefficient (Wildman–Crippen LogP) is 4.72. The van der Waals surface area contributed by atoms with Gasteiger partial charge in [0.2, 0.25) is 17.8 Å². The summed E-state index contributed by atoms with van der Waals surface area (Å²) in [6.45, 7) is 7.41. The second-order valence-corrected chi connectivity index (χ2v) is 8.56. The lowest BCUT2D eigenvalue weighted by molar-refractivity contribution is -0.141. The monoisotopic (exact) mass is 491 g/mol. The Morgan fingerprint density at radius 1 is 1.09 bits per heavy atom. The van der Waals surface area contributed by atoms with Gasteiger partial charge in [0.15, 0.2) is 5.69 Å². The summed E-state index contributed by atoms with van der Waals surface area (Å²) >= 11 is 0. The van der Waals surface area contributed by atoms with Crippen LogP contribution in [0.3, 0.4) is 0 Å². The van der Waals surface area contributed by atoms with Gasteiger partial charge in [0.1, 0.15) is 5.69 Å². The fourth-order valence-electron chi connectivity index (χ4n) is 3.87. The summed E-state index contributed by atoms with van der Waals surface area (Å²) in [6, 6.07) is 3.45. The minimum absolute atomic E-state index is 0.0453. The zero-order chi connectivity index (χ0) is 24.8. The number of pyridine rings is 1. The molecule has 14 heteroatoms. The van der Waals surface area contributed by atoms with Crippen LogP contribution in [0.5, 0.6) is 0 Å². The maximum absolute atomic E-state index is 13.6. The Morgan fingerprint density at radius 3 is 2.49 bits per heavy atom. The molecule has 35 heavy (non-hydrogen) atoms. The highest BCUT2D eigenvalue weighted by atomic mass is 19.4. The van der Waals surface area contributed by atoms with Crippen LogP contribution in [-0.2, 0) is 11.7 Å². The molecule has 2 aliphatic rings. The van der Waals surface area contributed by atoms with E-state index in [1.54, 1.807) is 12.1 Å². The smallest absolute Gasteiger partial charge is 0.351 e. The second kappa shape index (κ2) is 8.10. The first-order chi connectivity index (χ1) is 16.6. The molecule has 3 aromatic heterocycles. The van der Waals surface area contributed by atoms with E-state index in [2.05, 4.69) is 40.5 Å². The van der Waals surface area contributed by atoms with E-state index in [4.69, 9.17) is 6.57 Å². The van der Waals surface area contributed by atoms with Gasteiger partial charge in [-0.3, -0.25) is 4.98 Å². The highest BCUT2D eigenvalue weighted by Crippen LogP contribution is 2.49. The van der Waals surface area contributed by atoms with Crippen LogP contribution in [0.25, 0.3) is 10.8 Å². The number of nitrogens with one attached hydrogen (secondary N) is 2. The molecule has 2 saturated carbocycles. The Balaban J connectivity index is 1.47. The largest absolute Gasteiger partial charge is 0.435 e. The molecule has 0 aromatic carbocycles. The molecule has 0 amide bonds. The van der Waals surface area contributed by atoms with E-state index in [0.29, 0.717) is 24.2 Å². The Bertz CT molecular complexity index is 1290. The van der Waals surface area contributed by atoms with Crippen LogP contribution in [0.1, 0.15) is 43.5 Å². The van der Waals surface area contributed by atoms with Crippen LogP contribution in [-0.4, -0.2) is 41.7 Å². The molecule has 0 spiro atoms. The lowest BCUT2D eigenvalue weighted by atomic mass is 10.1. The van der Waals surface area contributed by atoms with Gasteiger partial charge < -0.3 is 15.5 Å². The molecule has 0 unspecified atom stereocenters. The third kappa shape index (κ3) is 4.84. The number of aromatic nitrogens is 6. The summed E-state index contributed by atoms with van der Waals surface area (Å²) in [5.41, 5.74) is -0.701. The molecule has 3 aromatic rings. The first kappa shape index (κ1) is 22.9. The van der Waals surface area contributed by atoms with Crippen LogP contribution in [0.4, 0.5) is 39.5 Å². The Morgan fingerprint density at radius 2 is 1.86 bits per heavy atom. The van der Waals surface area contributed by atoms with E-state index in [1.807, 2.05) is 0 Å². The average Bonchev–Trinajstić information content (AvgIpc) is 3.28. The fraction of sp³-hybridized carbons (Fsp3) is 0.429. The maximum atomic E-state index is 13.6. The molecule has 0 aliphatic heterocycles. The highest BCUT2D eigenvalue weighted by Gasteiger charge is 2.54. The van der Waals surface area contributed by atoms with Crippen molar-refractivity contribution in [2.45, 2.75) is 55.8 Å². The zero-order valence-corrected chi connectivity index (χ0v) is 18.0. The van der Waals surface area contributed by atoms with E-state index >= 15 is 0 Å². The van der Waals surface area contributed by atoms with E-state index in [9.17, 15) is 22.0 Å². The van der Waals surface area contributed by atoms with Gasteiger partial charge in [-0.15, -0.1) is 0 Å². The van der Waals surface area contributed by atoms with Gasteiger partial charge in [-0.05, 0) is 24.6 Å². The third-order valence-corrected chi connectivity index (χ3v) is 5.88. The summed E-state index contributed by atoms with van der Waals surface area (Å²) in [5, 5.41) is 9.25. The Labute approximate surface area is 195 Å². The minimum Gasteiger partial charge on any atom is -0.351 e. The van der Waals surface area contributed by atoms with Crippen LogP contribution >= 0.6 is 0 Å². The van der Waals surface area contributed by atoms with E-state index in [-0.39, 0.29) is 30.7 Å². The Hall–Kier alpha value is -3.89. The maximum Gasteiger partial charge on any atom is 0.435 e. The molecular formula is C21H18F5N9. The van der Waals surface area contributed by atoms with Gasteiger partial charge in [-0.1, -0.05) is 0 Å². The van der Waals surface area contributed by atoms with Crippen molar-refractivity contribution >= 4 is 17.6 Å². The van der Waals surface area contributed by atoms with Crippen molar-refractivity contribution in [3.05, 3.63) is 53.4 Å². The normalized spacial score (nSPS) is 20.3. The number of nitrogens with zero attached hydrogens (tertiary/aromatic N) is 7. The fourth-order valence-corrected chi connectivity index (χ4v) is 3.87. The molecule has 1 atom stereocenters. The molecule has 2 N–H and O–H groups in total. The quantitative estimate of drug-likeness (QED) is 0.380. The van der Waals surface area contributed by atoms with Crippen LogP contribution in [0.15, 0.2) is 30.6 Å². The van der Waals surface area contributed by atoms with Crippen molar-refractivity contribution in [1.29, 1.82) is 0 Å². The van der Waals surface area contributed by atoms with Gasteiger partial charge in [0.05, 0.1) is 0 Å². The van der Waals surface area contributed by atoms with Crippen molar-refractivity contribution < 1.29 is 22.0 Å². The second-order valence-electron chi connectivity index (χ2n) is 8.56. The molecule has 0 radical (unpaired) electrons.